The molecule has 0 aliphatic heterocycles. The van der Waals surface area contributed by atoms with E-state index >= 15 is 0 Å². The van der Waals surface area contributed by atoms with Gasteiger partial charge in [-0.2, -0.15) is 0 Å². The number of carbonyl (C=O) groups excluding carboxylic acids is 2. The summed E-state index contributed by atoms with van der Waals surface area (Å²) in [5, 5.41) is 0. The third kappa shape index (κ3) is 2.00. The summed E-state index contributed by atoms with van der Waals surface area (Å²) in [5.41, 5.74) is 9.35. The lowest BCUT2D eigenvalue weighted by atomic mass is 9.80. The maximum Gasteiger partial charge on any atom is 0.197 e. The van der Waals surface area contributed by atoms with Crippen LogP contribution in [0, 0.1) is 0 Å². The zero-order valence-corrected chi connectivity index (χ0v) is 13.5. The molecule has 0 saturated carbocycles. The van der Waals surface area contributed by atoms with E-state index in [1.807, 2.05) is 36.4 Å². The van der Waals surface area contributed by atoms with Crippen molar-refractivity contribution in [3.05, 3.63) is 82.9 Å². The first kappa shape index (κ1) is 14.7. The third-order valence-corrected chi connectivity index (χ3v) is 4.71. The Morgan fingerprint density at radius 3 is 2.08 bits per heavy atom. The lowest BCUT2D eigenvalue weighted by molar-refractivity contribution is 0.0980. The molecular formula is C20H13NO2S. The summed E-state index contributed by atoms with van der Waals surface area (Å²) in [6.07, 6.45) is 0. The molecule has 2 N–H and O–H groups in total. The van der Waals surface area contributed by atoms with Gasteiger partial charge in [0.05, 0.1) is 11.3 Å². The molecule has 4 rings (SSSR count). The van der Waals surface area contributed by atoms with Crippen molar-refractivity contribution >= 4 is 29.9 Å². The maximum absolute atomic E-state index is 13.2. The van der Waals surface area contributed by atoms with Gasteiger partial charge in [0.2, 0.25) is 0 Å². The summed E-state index contributed by atoms with van der Waals surface area (Å²) in [7, 11) is 0. The molecule has 116 valence electrons. The van der Waals surface area contributed by atoms with E-state index in [1.165, 1.54) is 0 Å². The van der Waals surface area contributed by atoms with Gasteiger partial charge in [0.25, 0.3) is 0 Å². The smallest absolute Gasteiger partial charge is 0.197 e. The highest BCUT2D eigenvalue weighted by Crippen LogP contribution is 2.37. The second-order valence-electron chi connectivity index (χ2n) is 5.67. The van der Waals surface area contributed by atoms with Crippen LogP contribution in [0.15, 0.2) is 65.6 Å². The summed E-state index contributed by atoms with van der Waals surface area (Å²) in [4.78, 5) is 26.5. The number of carbonyl (C=O) groups is 2. The minimum atomic E-state index is -0.229. The molecule has 0 aromatic heterocycles. The first-order valence-electron chi connectivity index (χ1n) is 7.49. The topological polar surface area (TPSA) is 60.2 Å². The largest absolute Gasteiger partial charge is 0.397 e. The van der Waals surface area contributed by atoms with Crippen LogP contribution in [-0.2, 0) is 0 Å². The molecule has 3 aromatic rings. The highest BCUT2D eigenvalue weighted by Gasteiger charge is 2.33. The lowest BCUT2D eigenvalue weighted by Gasteiger charge is -2.22. The molecule has 0 spiro atoms. The molecule has 4 heteroatoms. The number of benzene rings is 3. The standard InChI is InChI=1S/C20H13NO2S/c21-18-15(24)10-9-14-17(18)20(23)16-12(11-5-2-1-3-6-11)7-4-8-13(16)19(14)22/h1-10,24H,21H2. The van der Waals surface area contributed by atoms with E-state index < -0.39 is 0 Å². The Bertz CT molecular complexity index is 1010. The van der Waals surface area contributed by atoms with Gasteiger partial charge in [0.15, 0.2) is 11.6 Å². The molecule has 0 atom stereocenters. The summed E-state index contributed by atoms with van der Waals surface area (Å²) < 4.78 is 0. The van der Waals surface area contributed by atoms with Crippen LogP contribution in [0.25, 0.3) is 11.1 Å². The number of thiol groups is 1. The molecule has 0 radical (unpaired) electrons. The zero-order chi connectivity index (χ0) is 16.8. The van der Waals surface area contributed by atoms with Crippen molar-refractivity contribution < 1.29 is 9.59 Å². The van der Waals surface area contributed by atoms with Gasteiger partial charge in [-0.15, -0.1) is 12.6 Å². The predicted octanol–water partition coefficient (Wildman–Crippen LogP) is 4.00. The van der Waals surface area contributed by atoms with Crippen LogP contribution in [0.2, 0.25) is 0 Å². The monoisotopic (exact) mass is 331 g/mol. The van der Waals surface area contributed by atoms with Crippen molar-refractivity contribution in [2.75, 3.05) is 5.73 Å². The molecule has 1 aliphatic carbocycles. The van der Waals surface area contributed by atoms with E-state index in [0.717, 1.165) is 11.1 Å². The molecular weight excluding hydrogens is 318 g/mol. The average Bonchev–Trinajstić information content (AvgIpc) is 2.62. The number of rotatable bonds is 1. The molecule has 24 heavy (non-hydrogen) atoms. The SMILES string of the molecule is Nc1c(S)ccc2c1C(=O)c1c(cccc1-c1ccccc1)C2=O. The van der Waals surface area contributed by atoms with Gasteiger partial charge in [0, 0.05) is 21.6 Å². The van der Waals surface area contributed by atoms with Crippen LogP contribution in [-0.4, -0.2) is 11.6 Å². The molecule has 0 amide bonds. The maximum atomic E-state index is 13.2. The van der Waals surface area contributed by atoms with E-state index in [1.54, 1.807) is 24.3 Å². The second kappa shape index (κ2) is 5.35. The number of hydrogen-bond donors (Lipinski definition) is 2. The van der Waals surface area contributed by atoms with Crippen LogP contribution in [0.3, 0.4) is 0 Å². The van der Waals surface area contributed by atoms with Crippen molar-refractivity contribution in [2.45, 2.75) is 4.90 Å². The van der Waals surface area contributed by atoms with Crippen LogP contribution in [0.5, 0.6) is 0 Å². The van der Waals surface area contributed by atoms with Gasteiger partial charge in [-0.05, 0) is 23.3 Å². The Balaban J connectivity index is 2.04. The Morgan fingerprint density at radius 1 is 0.667 bits per heavy atom. The van der Waals surface area contributed by atoms with E-state index in [-0.39, 0.29) is 22.8 Å². The number of nitrogen functional groups attached to an aromatic ring is 1. The minimum absolute atomic E-state index is 0.183. The molecule has 3 nitrogen and oxygen atoms in total. The van der Waals surface area contributed by atoms with Gasteiger partial charge >= 0.3 is 0 Å². The molecule has 0 heterocycles. The van der Waals surface area contributed by atoms with Gasteiger partial charge in [-0.3, -0.25) is 9.59 Å². The number of nitrogens with two attached hydrogens (primary N) is 1. The van der Waals surface area contributed by atoms with Crippen molar-refractivity contribution in [2.24, 2.45) is 0 Å². The lowest BCUT2D eigenvalue weighted by Crippen LogP contribution is -2.23. The Morgan fingerprint density at radius 2 is 1.33 bits per heavy atom. The molecule has 0 fully saturated rings. The van der Waals surface area contributed by atoms with Crippen LogP contribution < -0.4 is 5.73 Å². The number of anilines is 1. The van der Waals surface area contributed by atoms with E-state index in [4.69, 9.17) is 5.73 Å². The van der Waals surface area contributed by atoms with Crippen LogP contribution in [0.4, 0.5) is 5.69 Å². The van der Waals surface area contributed by atoms with E-state index in [9.17, 15) is 9.59 Å². The minimum Gasteiger partial charge on any atom is -0.397 e. The van der Waals surface area contributed by atoms with Gasteiger partial charge < -0.3 is 5.73 Å². The third-order valence-electron chi connectivity index (χ3n) is 4.32. The van der Waals surface area contributed by atoms with Crippen molar-refractivity contribution in [3.8, 4) is 11.1 Å². The normalized spacial score (nSPS) is 12.7. The van der Waals surface area contributed by atoms with Gasteiger partial charge in [0.1, 0.15) is 0 Å². The quantitative estimate of drug-likeness (QED) is 0.409. The number of hydrogen-bond acceptors (Lipinski definition) is 4. The Hall–Kier alpha value is -2.85. The molecule has 3 aromatic carbocycles. The number of fused-ring (bicyclic) bond motifs is 2. The zero-order valence-electron chi connectivity index (χ0n) is 12.6. The Kier molecular flexibility index (Phi) is 3.28. The van der Waals surface area contributed by atoms with Crippen molar-refractivity contribution in [1.29, 1.82) is 0 Å². The second-order valence-corrected chi connectivity index (χ2v) is 6.16. The van der Waals surface area contributed by atoms with Crippen LogP contribution >= 0.6 is 12.6 Å². The average molecular weight is 331 g/mol. The fourth-order valence-corrected chi connectivity index (χ4v) is 3.34. The van der Waals surface area contributed by atoms with E-state index in [0.29, 0.717) is 21.6 Å². The van der Waals surface area contributed by atoms with Crippen molar-refractivity contribution in [1.82, 2.24) is 0 Å². The summed E-state index contributed by atoms with van der Waals surface area (Å²) in [6, 6.07) is 18.2. The summed E-state index contributed by atoms with van der Waals surface area (Å²) >= 11 is 4.28. The van der Waals surface area contributed by atoms with E-state index in [2.05, 4.69) is 12.6 Å². The first-order chi connectivity index (χ1) is 11.6. The molecule has 1 aliphatic rings. The van der Waals surface area contributed by atoms with Gasteiger partial charge in [-0.25, -0.2) is 0 Å². The van der Waals surface area contributed by atoms with Crippen molar-refractivity contribution in [3.63, 3.8) is 0 Å². The molecule has 0 bridgehead atoms. The Labute approximate surface area is 144 Å². The molecule has 0 saturated heterocycles. The van der Waals surface area contributed by atoms with Crippen LogP contribution in [0.1, 0.15) is 31.8 Å². The first-order valence-corrected chi connectivity index (χ1v) is 7.93. The highest BCUT2D eigenvalue weighted by atomic mass is 32.1. The summed E-state index contributed by atoms with van der Waals surface area (Å²) in [5.74, 6) is -0.412. The summed E-state index contributed by atoms with van der Waals surface area (Å²) in [6.45, 7) is 0. The molecule has 0 unspecified atom stereocenters. The fourth-order valence-electron chi connectivity index (χ4n) is 3.16. The van der Waals surface area contributed by atoms with Gasteiger partial charge in [-0.1, -0.05) is 48.5 Å². The predicted molar refractivity (Wildman–Crippen MR) is 96.8 cm³/mol. The number of ketones is 2. The fraction of sp³-hybridized carbons (Fsp3) is 0. The highest BCUT2D eigenvalue weighted by molar-refractivity contribution is 7.80.